The second-order valence-corrected chi connectivity index (χ2v) is 4.04. The number of carbonyl (C=O) groups excluding carboxylic acids is 1. The Morgan fingerprint density at radius 2 is 2.47 bits per heavy atom. The zero-order valence-corrected chi connectivity index (χ0v) is 9.88. The summed E-state index contributed by atoms with van der Waals surface area (Å²) in [6.45, 7) is 4.41. The summed E-state index contributed by atoms with van der Waals surface area (Å²) in [5.74, 6) is 0.185. The van der Waals surface area contributed by atoms with Crippen LogP contribution < -0.4 is 5.32 Å². The van der Waals surface area contributed by atoms with Gasteiger partial charge in [-0.05, 0) is 26.0 Å². The summed E-state index contributed by atoms with van der Waals surface area (Å²) in [5, 5.41) is 6.95. The molecule has 2 heterocycles. The van der Waals surface area contributed by atoms with E-state index in [1.165, 1.54) is 6.26 Å². The van der Waals surface area contributed by atoms with Crippen LogP contribution in [0.2, 0.25) is 0 Å². The van der Waals surface area contributed by atoms with Gasteiger partial charge < -0.3 is 9.73 Å². The van der Waals surface area contributed by atoms with Crippen molar-refractivity contribution in [1.29, 1.82) is 0 Å². The van der Waals surface area contributed by atoms with E-state index in [1.807, 2.05) is 26.1 Å². The van der Waals surface area contributed by atoms with Crippen molar-refractivity contribution >= 4 is 5.91 Å². The Labute approximate surface area is 99.4 Å². The van der Waals surface area contributed by atoms with Crippen LogP contribution >= 0.6 is 0 Å². The Hall–Kier alpha value is -2.04. The molecule has 0 saturated carbocycles. The average Bonchev–Trinajstić information content (AvgIpc) is 2.88. The number of nitrogens with one attached hydrogen (secondary N) is 1. The molecule has 17 heavy (non-hydrogen) atoms. The van der Waals surface area contributed by atoms with E-state index < -0.39 is 0 Å². The first-order valence-electron chi connectivity index (χ1n) is 5.49. The van der Waals surface area contributed by atoms with Crippen molar-refractivity contribution in [3.05, 3.63) is 42.1 Å². The van der Waals surface area contributed by atoms with Crippen LogP contribution in [0.25, 0.3) is 0 Å². The number of hydrogen-bond donors (Lipinski definition) is 1. The van der Waals surface area contributed by atoms with Gasteiger partial charge in [-0.3, -0.25) is 9.48 Å². The molecular weight excluding hydrogens is 218 g/mol. The fourth-order valence-corrected chi connectivity index (χ4v) is 1.63. The molecule has 90 valence electrons. The minimum Gasteiger partial charge on any atom is -0.459 e. The van der Waals surface area contributed by atoms with Crippen LogP contribution in [0.5, 0.6) is 0 Å². The lowest BCUT2D eigenvalue weighted by atomic mass is 10.2. The molecule has 0 fully saturated rings. The molecule has 0 spiro atoms. The van der Waals surface area contributed by atoms with E-state index in [-0.39, 0.29) is 11.9 Å². The van der Waals surface area contributed by atoms with Crippen molar-refractivity contribution < 1.29 is 9.21 Å². The van der Waals surface area contributed by atoms with Gasteiger partial charge in [0.1, 0.15) is 0 Å². The van der Waals surface area contributed by atoms with E-state index >= 15 is 0 Å². The van der Waals surface area contributed by atoms with E-state index in [0.717, 1.165) is 5.56 Å². The average molecular weight is 233 g/mol. The maximum atomic E-state index is 11.8. The van der Waals surface area contributed by atoms with E-state index in [4.69, 9.17) is 4.42 Å². The maximum absolute atomic E-state index is 11.8. The normalized spacial score (nSPS) is 12.4. The molecule has 2 aromatic heterocycles. The smallest absolute Gasteiger partial charge is 0.287 e. The molecule has 0 bridgehead atoms. The first kappa shape index (κ1) is 11.4. The zero-order chi connectivity index (χ0) is 12.3. The highest BCUT2D eigenvalue weighted by molar-refractivity contribution is 5.92. The fraction of sp³-hybridized carbons (Fsp3) is 0.333. The monoisotopic (exact) mass is 233 g/mol. The van der Waals surface area contributed by atoms with Gasteiger partial charge in [0.25, 0.3) is 5.91 Å². The lowest BCUT2D eigenvalue weighted by Gasteiger charge is -2.13. The number of furan rings is 1. The minimum absolute atomic E-state index is 0.00750. The molecule has 0 aromatic carbocycles. The van der Waals surface area contributed by atoms with Crippen LogP contribution in [0.3, 0.4) is 0 Å². The Kier molecular flexibility index (Phi) is 3.27. The lowest BCUT2D eigenvalue weighted by Crippen LogP contribution is -2.35. The quantitative estimate of drug-likeness (QED) is 0.872. The van der Waals surface area contributed by atoms with Gasteiger partial charge in [-0.15, -0.1) is 0 Å². The molecule has 0 radical (unpaired) electrons. The highest BCUT2D eigenvalue weighted by Crippen LogP contribution is 2.08. The third-order valence-corrected chi connectivity index (χ3v) is 2.47. The minimum atomic E-state index is -0.188. The molecule has 1 amide bonds. The first-order chi connectivity index (χ1) is 8.16. The molecule has 5 heteroatoms. The van der Waals surface area contributed by atoms with Crippen LogP contribution in [0.1, 0.15) is 23.0 Å². The lowest BCUT2D eigenvalue weighted by molar-refractivity contribution is 0.0907. The van der Waals surface area contributed by atoms with Crippen LogP contribution in [0.4, 0.5) is 0 Å². The van der Waals surface area contributed by atoms with Gasteiger partial charge in [0, 0.05) is 24.0 Å². The second kappa shape index (κ2) is 4.86. The first-order valence-corrected chi connectivity index (χ1v) is 5.49. The van der Waals surface area contributed by atoms with E-state index in [2.05, 4.69) is 10.4 Å². The summed E-state index contributed by atoms with van der Waals surface area (Å²) in [7, 11) is 0. The summed E-state index contributed by atoms with van der Waals surface area (Å²) in [6.07, 6.45) is 5.09. The van der Waals surface area contributed by atoms with Crippen molar-refractivity contribution in [3.8, 4) is 0 Å². The Balaban J connectivity index is 1.93. The van der Waals surface area contributed by atoms with Gasteiger partial charge in [0.05, 0.1) is 12.8 Å². The fourth-order valence-electron chi connectivity index (χ4n) is 1.63. The van der Waals surface area contributed by atoms with Crippen molar-refractivity contribution in [1.82, 2.24) is 15.1 Å². The van der Waals surface area contributed by atoms with Gasteiger partial charge >= 0.3 is 0 Å². The second-order valence-electron chi connectivity index (χ2n) is 4.04. The molecule has 0 aliphatic heterocycles. The van der Waals surface area contributed by atoms with Gasteiger partial charge in [0.2, 0.25) is 0 Å². The number of aromatic nitrogens is 2. The van der Waals surface area contributed by atoms with Crippen molar-refractivity contribution in [2.45, 2.75) is 26.4 Å². The number of nitrogens with zero attached hydrogens (tertiary/aromatic N) is 2. The predicted molar refractivity (Wildman–Crippen MR) is 62.6 cm³/mol. The summed E-state index contributed by atoms with van der Waals surface area (Å²) in [4.78, 5) is 11.8. The Morgan fingerprint density at radius 3 is 3.06 bits per heavy atom. The third-order valence-electron chi connectivity index (χ3n) is 2.47. The van der Waals surface area contributed by atoms with Gasteiger partial charge in [-0.25, -0.2) is 0 Å². The van der Waals surface area contributed by atoms with Crippen LogP contribution in [-0.4, -0.2) is 21.7 Å². The Bertz CT molecular complexity index is 488. The third kappa shape index (κ3) is 2.75. The SMILES string of the molecule is Cc1ccoc1C(=O)N[C@@H](C)Cn1cccn1. The summed E-state index contributed by atoms with van der Waals surface area (Å²) < 4.78 is 6.91. The van der Waals surface area contributed by atoms with E-state index in [9.17, 15) is 4.79 Å². The molecule has 0 aliphatic carbocycles. The van der Waals surface area contributed by atoms with Crippen LogP contribution in [0.15, 0.2) is 35.2 Å². The molecule has 0 saturated heterocycles. The van der Waals surface area contributed by atoms with Gasteiger partial charge in [0.15, 0.2) is 5.76 Å². The summed E-state index contributed by atoms with van der Waals surface area (Å²) >= 11 is 0. The highest BCUT2D eigenvalue weighted by Gasteiger charge is 2.15. The zero-order valence-electron chi connectivity index (χ0n) is 9.88. The Morgan fingerprint density at radius 1 is 1.65 bits per heavy atom. The molecule has 5 nitrogen and oxygen atoms in total. The van der Waals surface area contributed by atoms with Crippen molar-refractivity contribution in [2.24, 2.45) is 0 Å². The van der Waals surface area contributed by atoms with Crippen LogP contribution in [-0.2, 0) is 6.54 Å². The summed E-state index contributed by atoms with van der Waals surface area (Å²) in [5.41, 5.74) is 0.841. The number of aryl methyl sites for hydroxylation is 1. The highest BCUT2D eigenvalue weighted by atomic mass is 16.3. The van der Waals surface area contributed by atoms with Crippen LogP contribution in [0, 0.1) is 6.92 Å². The molecule has 1 atom stereocenters. The molecular formula is C12H15N3O2. The largest absolute Gasteiger partial charge is 0.459 e. The summed E-state index contributed by atoms with van der Waals surface area (Å²) in [6, 6.07) is 3.62. The van der Waals surface area contributed by atoms with Gasteiger partial charge in [-0.1, -0.05) is 0 Å². The molecule has 0 unspecified atom stereocenters. The van der Waals surface area contributed by atoms with Crippen molar-refractivity contribution in [3.63, 3.8) is 0 Å². The van der Waals surface area contributed by atoms with Gasteiger partial charge in [-0.2, -0.15) is 5.10 Å². The predicted octanol–water partition coefficient (Wildman–Crippen LogP) is 1.60. The molecule has 2 aromatic rings. The van der Waals surface area contributed by atoms with E-state index in [1.54, 1.807) is 16.9 Å². The topological polar surface area (TPSA) is 60.1 Å². The molecule has 0 aliphatic rings. The molecule has 1 N–H and O–H groups in total. The number of rotatable bonds is 4. The number of carbonyl (C=O) groups is 1. The van der Waals surface area contributed by atoms with E-state index in [0.29, 0.717) is 12.3 Å². The number of amides is 1. The van der Waals surface area contributed by atoms with Crippen molar-refractivity contribution in [2.75, 3.05) is 0 Å². The standard InChI is InChI=1S/C12H15N3O2/c1-9-4-7-17-11(9)12(16)14-10(2)8-15-6-3-5-13-15/h3-7,10H,8H2,1-2H3,(H,14,16)/t10-/m0/s1. The molecule has 2 rings (SSSR count). The maximum Gasteiger partial charge on any atom is 0.287 e. The number of hydrogen-bond acceptors (Lipinski definition) is 3.